The number of imide groups is 1. The summed E-state index contributed by atoms with van der Waals surface area (Å²) in [7, 11) is 1.72. The van der Waals surface area contributed by atoms with Gasteiger partial charge < -0.3 is 4.74 Å². The van der Waals surface area contributed by atoms with E-state index in [1.807, 2.05) is 0 Å². The average Bonchev–Trinajstić information content (AvgIpc) is 2.62. The van der Waals surface area contributed by atoms with Crippen LogP contribution in [0.15, 0.2) is 12.2 Å². The molecule has 1 aliphatic carbocycles. The van der Waals surface area contributed by atoms with Crippen LogP contribution in [0, 0.1) is 11.8 Å². The van der Waals surface area contributed by atoms with E-state index in [0.717, 1.165) is 19.4 Å². The maximum atomic E-state index is 11.5. The molecule has 2 unspecified atom stereocenters. The largest absolute Gasteiger partial charge is 0.384 e. The first-order chi connectivity index (χ1) is 8.20. The molecule has 1 fully saturated rings. The van der Waals surface area contributed by atoms with Crippen molar-refractivity contribution in [1.29, 1.82) is 0 Å². The average molecular weight is 237 g/mol. The summed E-state index contributed by atoms with van der Waals surface area (Å²) in [5.41, 5.74) is 0. The molecule has 0 aromatic rings. The van der Waals surface area contributed by atoms with Crippen molar-refractivity contribution >= 4 is 11.8 Å². The normalized spacial score (nSPS) is 29.1. The molecule has 1 heterocycles. The monoisotopic (exact) mass is 237 g/mol. The lowest BCUT2D eigenvalue weighted by molar-refractivity contribution is -0.137. The second-order valence-corrected chi connectivity index (χ2v) is 4.97. The maximum absolute atomic E-state index is 11.5. The minimum Gasteiger partial charge on any atom is -0.384 e. The highest BCUT2D eigenvalue weighted by Gasteiger charge is 2.29. The van der Waals surface area contributed by atoms with Crippen molar-refractivity contribution in [2.45, 2.75) is 25.7 Å². The second kappa shape index (κ2) is 5.45. The molecule has 0 radical (unpaired) electrons. The summed E-state index contributed by atoms with van der Waals surface area (Å²) >= 11 is 0. The van der Waals surface area contributed by atoms with Crippen molar-refractivity contribution in [2.75, 3.05) is 20.3 Å². The van der Waals surface area contributed by atoms with Crippen molar-refractivity contribution in [2.24, 2.45) is 11.8 Å². The van der Waals surface area contributed by atoms with Crippen LogP contribution in [0.4, 0.5) is 0 Å². The Balaban J connectivity index is 1.86. The van der Waals surface area contributed by atoms with Gasteiger partial charge in [-0.1, -0.05) is 6.42 Å². The third-order valence-corrected chi connectivity index (χ3v) is 3.64. The van der Waals surface area contributed by atoms with Crippen LogP contribution in [-0.2, 0) is 14.3 Å². The van der Waals surface area contributed by atoms with Crippen LogP contribution in [0.25, 0.3) is 0 Å². The van der Waals surface area contributed by atoms with Gasteiger partial charge in [-0.15, -0.1) is 0 Å². The van der Waals surface area contributed by atoms with Gasteiger partial charge in [0.1, 0.15) is 0 Å². The number of hydrogen-bond acceptors (Lipinski definition) is 3. The Morgan fingerprint density at radius 2 is 1.88 bits per heavy atom. The van der Waals surface area contributed by atoms with Gasteiger partial charge in [0, 0.05) is 32.4 Å². The third kappa shape index (κ3) is 2.94. The summed E-state index contributed by atoms with van der Waals surface area (Å²) in [6, 6.07) is 0. The van der Waals surface area contributed by atoms with Gasteiger partial charge in [-0.05, 0) is 31.1 Å². The van der Waals surface area contributed by atoms with Crippen LogP contribution in [0.1, 0.15) is 25.7 Å². The Morgan fingerprint density at radius 3 is 2.53 bits per heavy atom. The van der Waals surface area contributed by atoms with Crippen LogP contribution >= 0.6 is 0 Å². The predicted molar refractivity (Wildman–Crippen MR) is 63.2 cm³/mol. The Kier molecular flexibility index (Phi) is 3.94. The standard InChI is InChI=1S/C13H19NO3/c1-17-9-11-4-2-3-10(7-11)8-14-12(15)5-6-13(14)16/h5-6,10-11H,2-4,7-9H2,1H3. The maximum Gasteiger partial charge on any atom is 0.253 e. The van der Waals surface area contributed by atoms with E-state index in [4.69, 9.17) is 4.74 Å². The van der Waals surface area contributed by atoms with Gasteiger partial charge in [-0.25, -0.2) is 0 Å². The SMILES string of the molecule is COCC1CCCC(CN2C(=O)C=CC2=O)C1. The zero-order chi connectivity index (χ0) is 12.3. The molecule has 2 rings (SSSR count). The highest BCUT2D eigenvalue weighted by atomic mass is 16.5. The lowest BCUT2D eigenvalue weighted by atomic mass is 9.81. The molecule has 17 heavy (non-hydrogen) atoms. The zero-order valence-electron chi connectivity index (χ0n) is 10.2. The highest BCUT2D eigenvalue weighted by molar-refractivity contribution is 6.12. The fourth-order valence-electron chi connectivity index (χ4n) is 2.82. The molecule has 1 aliphatic heterocycles. The molecule has 4 nitrogen and oxygen atoms in total. The van der Waals surface area contributed by atoms with E-state index in [1.165, 1.54) is 29.9 Å². The smallest absolute Gasteiger partial charge is 0.253 e. The summed E-state index contributed by atoms with van der Waals surface area (Å²) < 4.78 is 5.18. The molecular formula is C13H19NO3. The molecule has 0 bridgehead atoms. The molecule has 4 heteroatoms. The number of methoxy groups -OCH3 is 1. The molecule has 94 valence electrons. The summed E-state index contributed by atoms with van der Waals surface area (Å²) in [5.74, 6) is 0.698. The van der Waals surface area contributed by atoms with Crippen molar-refractivity contribution in [3.05, 3.63) is 12.2 Å². The fraction of sp³-hybridized carbons (Fsp3) is 0.692. The molecule has 2 aliphatic rings. The van der Waals surface area contributed by atoms with Gasteiger partial charge in [0.2, 0.25) is 0 Å². The van der Waals surface area contributed by atoms with Crippen LogP contribution in [0.2, 0.25) is 0 Å². The lowest BCUT2D eigenvalue weighted by Crippen LogP contribution is -2.36. The third-order valence-electron chi connectivity index (χ3n) is 3.64. The first-order valence-corrected chi connectivity index (χ1v) is 6.23. The van der Waals surface area contributed by atoms with Gasteiger partial charge in [0.25, 0.3) is 11.8 Å². The Hall–Kier alpha value is -1.16. The molecule has 0 N–H and O–H groups in total. The second-order valence-electron chi connectivity index (χ2n) is 4.97. The van der Waals surface area contributed by atoms with Crippen molar-refractivity contribution in [3.8, 4) is 0 Å². The van der Waals surface area contributed by atoms with Crippen LogP contribution in [-0.4, -0.2) is 37.0 Å². The van der Waals surface area contributed by atoms with E-state index in [2.05, 4.69) is 0 Å². The number of ether oxygens (including phenoxy) is 1. The van der Waals surface area contributed by atoms with E-state index in [0.29, 0.717) is 18.4 Å². The van der Waals surface area contributed by atoms with E-state index >= 15 is 0 Å². The highest BCUT2D eigenvalue weighted by Crippen LogP contribution is 2.30. The van der Waals surface area contributed by atoms with E-state index in [1.54, 1.807) is 7.11 Å². The molecule has 0 spiro atoms. The minimum atomic E-state index is -0.163. The number of carbonyl (C=O) groups excluding carboxylic acids is 2. The summed E-state index contributed by atoms with van der Waals surface area (Å²) in [6.07, 6.45) is 7.25. The number of carbonyl (C=O) groups is 2. The van der Waals surface area contributed by atoms with Gasteiger partial charge in [-0.3, -0.25) is 14.5 Å². The first kappa shape index (κ1) is 12.3. The molecule has 0 saturated heterocycles. The molecule has 1 saturated carbocycles. The van der Waals surface area contributed by atoms with Crippen molar-refractivity contribution in [1.82, 2.24) is 4.90 Å². The topological polar surface area (TPSA) is 46.6 Å². The van der Waals surface area contributed by atoms with Gasteiger partial charge in [-0.2, -0.15) is 0 Å². The van der Waals surface area contributed by atoms with E-state index in [9.17, 15) is 9.59 Å². The fourth-order valence-corrected chi connectivity index (χ4v) is 2.82. The first-order valence-electron chi connectivity index (χ1n) is 6.23. The van der Waals surface area contributed by atoms with Crippen molar-refractivity contribution in [3.63, 3.8) is 0 Å². The number of hydrogen-bond donors (Lipinski definition) is 0. The molecule has 0 aromatic carbocycles. The Bertz CT molecular complexity index is 318. The van der Waals surface area contributed by atoms with E-state index < -0.39 is 0 Å². The van der Waals surface area contributed by atoms with Crippen LogP contribution in [0.5, 0.6) is 0 Å². The van der Waals surface area contributed by atoms with Crippen LogP contribution < -0.4 is 0 Å². The zero-order valence-corrected chi connectivity index (χ0v) is 10.2. The number of rotatable bonds is 4. The van der Waals surface area contributed by atoms with E-state index in [-0.39, 0.29) is 11.8 Å². The van der Waals surface area contributed by atoms with Gasteiger partial charge in [0.15, 0.2) is 0 Å². The molecule has 2 amide bonds. The van der Waals surface area contributed by atoms with Crippen molar-refractivity contribution < 1.29 is 14.3 Å². The van der Waals surface area contributed by atoms with Gasteiger partial charge >= 0.3 is 0 Å². The lowest BCUT2D eigenvalue weighted by Gasteiger charge is -2.30. The Morgan fingerprint density at radius 1 is 1.24 bits per heavy atom. The summed E-state index contributed by atoms with van der Waals surface area (Å²) in [4.78, 5) is 24.3. The molecular weight excluding hydrogens is 218 g/mol. The number of amides is 2. The Labute approximate surface area is 102 Å². The summed E-state index contributed by atoms with van der Waals surface area (Å²) in [5, 5.41) is 0. The van der Waals surface area contributed by atoms with Gasteiger partial charge in [0.05, 0.1) is 0 Å². The number of nitrogens with zero attached hydrogens (tertiary/aromatic N) is 1. The molecule has 0 aromatic heterocycles. The predicted octanol–water partition coefficient (Wildman–Crippen LogP) is 1.36. The molecule has 2 atom stereocenters. The minimum absolute atomic E-state index is 0.163. The van der Waals surface area contributed by atoms with Crippen LogP contribution in [0.3, 0.4) is 0 Å². The quantitative estimate of drug-likeness (QED) is 0.694. The summed E-state index contributed by atoms with van der Waals surface area (Å²) in [6.45, 7) is 1.36.